The van der Waals surface area contributed by atoms with E-state index in [0.717, 1.165) is 38.8 Å². The molecule has 1 aromatic heterocycles. The van der Waals surface area contributed by atoms with Gasteiger partial charge in [0.25, 0.3) is 0 Å². The summed E-state index contributed by atoms with van der Waals surface area (Å²) in [5.41, 5.74) is 0.623. The molecule has 0 spiro atoms. The van der Waals surface area contributed by atoms with Gasteiger partial charge in [0.1, 0.15) is 4.90 Å². The molecule has 2 N–H and O–H groups in total. The van der Waals surface area contributed by atoms with Crippen molar-refractivity contribution < 1.29 is 8.42 Å². The molecule has 6 nitrogen and oxygen atoms in total. The average Bonchev–Trinajstić information content (AvgIpc) is 3.18. The Balaban J connectivity index is 1.81. The van der Waals surface area contributed by atoms with Gasteiger partial charge in [0.15, 0.2) is 0 Å². The third-order valence-corrected chi connectivity index (χ3v) is 6.19. The quantitative estimate of drug-likeness (QED) is 0.845. The molecule has 112 valence electrons. The molecular formula is C13H22N4O2S. The van der Waals surface area contributed by atoms with Gasteiger partial charge in [0, 0.05) is 12.6 Å². The minimum Gasteiger partial charge on any atom is -0.316 e. The van der Waals surface area contributed by atoms with E-state index in [1.807, 2.05) is 0 Å². The fraction of sp³-hybridized carbons (Fsp3) is 0.769. The maximum absolute atomic E-state index is 12.8. The lowest BCUT2D eigenvalue weighted by atomic mass is 10.00. The first-order valence-electron chi connectivity index (χ1n) is 7.31. The lowest BCUT2D eigenvalue weighted by Gasteiger charge is -2.29. The molecule has 3 rings (SSSR count). The molecule has 20 heavy (non-hydrogen) atoms. The highest BCUT2D eigenvalue weighted by Crippen LogP contribution is 2.33. The molecule has 2 fully saturated rings. The van der Waals surface area contributed by atoms with E-state index in [9.17, 15) is 8.42 Å². The molecule has 1 atom stereocenters. The van der Waals surface area contributed by atoms with Gasteiger partial charge in [-0.2, -0.15) is 9.40 Å². The minimum absolute atomic E-state index is 0.191. The molecule has 2 aliphatic rings. The molecule has 0 bridgehead atoms. The third-order valence-electron chi connectivity index (χ3n) is 4.16. The number of rotatable bonds is 5. The molecule has 0 amide bonds. The number of piperidine rings is 1. The van der Waals surface area contributed by atoms with Crippen molar-refractivity contribution in [2.45, 2.75) is 43.5 Å². The van der Waals surface area contributed by atoms with E-state index in [2.05, 4.69) is 15.5 Å². The van der Waals surface area contributed by atoms with Crippen LogP contribution >= 0.6 is 0 Å². The van der Waals surface area contributed by atoms with E-state index >= 15 is 0 Å². The highest BCUT2D eigenvalue weighted by atomic mass is 32.2. The number of hydrogen-bond acceptors (Lipinski definition) is 4. The molecule has 1 saturated heterocycles. The van der Waals surface area contributed by atoms with Gasteiger partial charge in [-0.25, -0.2) is 8.42 Å². The Morgan fingerprint density at radius 3 is 2.75 bits per heavy atom. The monoisotopic (exact) mass is 298 g/mol. The van der Waals surface area contributed by atoms with Crippen LogP contribution in [0.1, 0.15) is 31.4 Å². The van der Waals surface area contributed by atoms with Gasteiger partial charge < -0.3 is 5.32 Å². The van der Waals surface area contributed by atoms with Crippen LogP contribution in [0, 0.1) is 12.8 Å². The van der Waals surface area contributed by atoms with Crippen molar-refractivity contribution in [3.8, 4) is 0 Å². The van der Waals surface area contributed by atoms with Crippen molar-refractivity contribution in [2.75, 3.05) is 19.6 Å². The van der Waals surface area contributed by atoms with Crippen LogP contribution in [-0.2, 0) is 10.0 Å². The highest BCUT2D eigenvalue weighted by molar-refractivity contribution is 7.89. The normalized spacial score (nSPS) is 24.2. The number of nitrogens with one attached hydrogen (secondary N) is 2. The summed E-state index contributed by atoms with van der Waals surface area (Å²) in [7, 11) is -3.41. The SMILES string of the molecule is Cc1[nH]ncc1S(=O)(=O)N(CC1CCCNC1)C1CC1. The zero-order chi connectivity index (χ0) is 14.2. The number of sulfonamides is 1. The van der Waals surface area contributed by atoms with Gasteiger partial charge in [-0.3, -0.25) is 5.10 Å². The van der Waals surface area contributed by atoms with Crippen LogP contribution in [0.4, 0.5) is 0 Å². The lowest BCUT2D eigenvalue weighted by Crippen LogP contribution is -2.42. The summed E-state index contributed by atoms with van der Waals surface area (Å²) in [5.74, 6) is 0.423. The first-order chi connectivity index (χ1) is 9.59. The van der Waals surface area contributed by atoms with Crippen molar-refractivity contribution in [1.82, 2.24) is 19.8 Å². The van der Waals surface area contributed by atoms with Crippen LogP contribution in [-0.4, -0.2) is 48.6 Å². The number of aromatic amines is 1. The predicted molar refractivity (Wildman–Crippen MR) is 75.8 cm³/mol. The number of aryl methyl sites for hydroxylation is 1. The number of nitrogens with zero attached hydrogens (tertiary/aromatic N) is 2. The Bertz CT molecular complexity index is 559. The second-order valence-corrected chi connectivity index (χ2v) is 7.74. The van der Waals surface area contributed by atoms with E-state index in [-0.39, 0.29) is 6.04 Å². The summed E-state index contributed by atoms with van der Waals surface area (Å²) >= 11 is 0. The van der Waals surface area contributed by atoms with Gasteiger partial charge in [-0.15, -0.1) is 0 Å². The largest absolute Gasteiger partial charge is 0.316 e. The minimum atomic E-state index is -3.41. The van der Waals surface area contributed by atoms with Crippen molar-refractivity contribution in [1.29, 1.82) is 0 Å². The maximum atomic E-state index is 12.8. The van der Waals surface area contributed by atoms with Crippen LogP contribution < -0.4 is 5.32 Å². The Morgan fingerprint density at radius 2 is 2.20 bits per heavy atom. The number of H-pyrrole nitrogens is 1. The van der Waals surface area contributed by atoms with E-state index < -0.39 is 10.0 Å². The van der Waals surface area contributed by atoms with Gasteiger partial charge in [-0.05, 0) is 51.6 Å². The lowest BCUT2D eigenvalue weighted by molar-refractivity contribution is 0.286. The molecule has 1 aliphatic carbocycles. The zero-order valence-corrected chi connectivity index (χ0v) is 12.6. The first kappa shape index (κ1) is 14.0. The smallest absolute Gasteiger partial charge is 0.246 e. The van der Waals surface area contributed by atoms with Crippen molar-refractivity contribution in [3.05, 3.63) is 11.9 Å². The topological polar surface area (TPSA) is 78.1 Å². The fourth-order valence-corrected chi connectivity index (χ4v) is 4.75. The van der Waals surface area contributed by atoms with Gasteiger partial charge in [0.05, 0.1) is 11.9 Å². The second-order valence-electron chi connectivity index (χ2n) is 5.88. The molecule has 1 aliphatic heterocycles. The van der Waals surface area contributed by atoms with Crippen LogP contribution in [0.15, 0.2) is 11.1 Å². The van der Waals surface area contributed by atoms with Crippen LogP contribution in [0.5, 0.6) is 0 Å². The number of aromatic nitrogens is 2. The van der Waals surface area contributed by atoms with Crippen molar-refractivity contribution >= 4 is 10.0 Å². The third kappa shape index (κ3) is 2.75. The van der Waals surface area contributed by atoms with Crippen LogP contribution in [0.2, 0.25) is 0 Å². The van der Waals surface area contributed by atoms with Crippen LogP contribution in [0.3, 0.4) is 0 Å². The Kier molecular flexibility index (Phi) is 3.83. The summed E-state index contributed by atoms with van der Waals surface area (Å²) < 4.78 is 27.3. The molecular weight excluding hydrogens is 276 g/mol. The second kappa shape index (κ2) is 5.46. The summed E-state index contributed by atoms with van der Waals surface area (Å²) in [6, 6.07) is 0.191. The Labute approximate surface area is 120 Å². The van der Waals surface area contributed by atoms with Crippen molar-refractivity contribution in [2.24, 2.45) is 5.92 Å². The molecule has 0 aromatic carbocycles. The molecule has 2 heterocycles. The summed E-state index contributed by atoms with van der Waals surface area (Å²) in [5, 5.41) is 9.94. The zero-order valence-electron chi connectivity index (χ0n) is 11.8. The predicted octanol–water partition coefficient (Wildman–Crippen LogP) is 0.871. The standard InChI is InChI=1S/C13H22N4O2S/c1-10-13(8-15-16-10)20(18,19)17(12-4-5-12)9-11-3-2-6-14-7-11/h8,11-12,14H,2-7,9H2,1H3,(H,15,16). The molecule has 1 saturated carbocycles. The number of hydrogen-bond donors (Lipinski definition) is 2. The Hall–Kier alpha value is -0.920. The fourth-order valence-electron chi connectivity index (χ4n) is 2.87. The average molecular weight is 298 g/mol. The van der Waals surface area contributed by atoms with Gasteiger partial charge in [0.2, 0.25) is 10.0 Å². The molecule has 0 radical (unpaired) electrons. The summed E-state index contributed by atoms with van der Waals surface area (Å²) in [6.45, 7) is 4.36. The van der Waals surface area contributed by atoms with E-state index in [1.54, 1.807) is 11.2 Å². The van der Waals surface area contributed by atoms with Gasteiger partial charge in [-0.1, -0.05) is 0 Å². The highest BCUT2D eigenvalue weighted by Gasteiger charge is 2.40. The van der Waals surface area contributed by atoms with E-state index in [0.29, 0.717) is 23.1 Å². The van der Waals surface area contributed by atoms with Crippen molar-refractivity contribution in [3.63, 3.8) is 0 Å². The van der Waals surface area contributed by atoms with Gasteiger partial charge >= 0.3 is 0 Å². The summed E-state index contributed by atoms with van der Waals surface area (Å²) in [6.07, 6.45) is 5.63. The summed E-state index contributed by atoms with van der Waals surface area (Å²) in [4.78, 5) is 0.327. The molecule has 1 aromatic rings. The van der Waals surface area contributed by atoms with Crippen LogP contribution in [0.25, 0.3) is 0 Å². The Morgan fingerprint density at radius 1 is 1.40 bits per heavy atom. The molecule has 1 unspecified atom stereocenters. The van der Waals surface area contributed by atoms with E-state index in [4.69, 9.17) is 0 Å². The van der Waals surface area contributed by atoms with E-state index in [1.165, 1.54) is 6.20 Å². The maximum Gasteiger partial charge on any atom is 0.246 e. The molecule has 7 heteroatoms. The first-order valence-corrected chi connectivity index (χ1v) is 8.75.